The topological polar surface area (TPSA) is 75.6 Å². The van der Waals surface area contributed by atoms with Gasteiger partial charge in [0.15, 0.2) is 11.5 Å². The molecule has 0 saturated carbocycles. The van der Waals surface area contributed by atoms with E-state index in [0.717, 1.165) is 5.41 Å². The van der Waals surface area contributed by atoms with Crippen LogP contribution < -0.4 is 9.46 Å². The SMILES string of the molecule is COc1ccc(NS(=O)(=O)/C=C/c2cccc(Cl)c2)cc1O. The van der Waals surface area contributed by atoms with E-state index >= 15 is 0 Å². The van der Waals surface area contributed by atoms with Gasteiger partial charge in [-0.3, -0.25) is 4.72 Å². The number of methoxy groups -OCH3 is 1. The van der Waals surface area contributed by atoms with E-state index in [0.29, 0.717) is 10.6 Å². The average Bonchev–Trinajstić information content (AvgIpc) is 2.45. The van der Waals surface area contributed by atoms with E-state index in [9.17, 15) is 13.5 Å². The first-order chi connectivity index (χ1) is 10.4. The van der Waals surface area contributed by atoms with Crippen molar-refractivity contribution in [3.05, 3.63) is 58.5 Å². The lowest BCUT2D eigenvalue weighted by Gasteiger charge is -2.07. The van der Waals surface area contributed by atoms with Gasteiger partial charge in [-0.2, -0.15) is 0 Å². The van der Waals surface area contributed by atoms with E-state index in [-0.39, 0.29) is 17.2 Å². The van der Waals surface area contributed by atoms with Gasteiger partial charge in [-0.15, -0.1) is 0 Å². The Balaban J connectivity index is 2.16. The first kappa shape index (κ1) is 16.2. The Hall–Kier alpha value is -2.18. The molecule has 2 aromatic carbocycles. The maximum atomic E-state index is 12.0. The number of phenolic OH excluding ortho intramolecular Hbond substituents is 1. The number of phenols is 1. The van der Waals surface area contributed by atoms with Crippen LogP contribution in [0.4, 0.5) is 5.69 Å². The maximum Gasteiger partial charge on any atom is 0.255 e. The summed E-state index contributed by atoms with van der Waals surface area (Å²) in [6, 6.07) is 11.0. The van der Waals surface area contributed by atoms with Crippen molar-refractivity contribution >= 4 is 33.4 Å². The molecule has 2 aromatic rings. The predicted octanol–water partition coefficient (Wildman–Crippen LogP) is 3.47. The Kier molecular flexibility index (Phi) is 4.95. The summed E-state index contributed by atoms with van der Waals surface area (Å²) in [5, 5.41) is 11.2. The lowest BCUT2D eigenvalue weighted by Crippen LogP contribution is -2.08. The average molecular weight is 340 g/mol. The first-order valence-electron chi connectivity index (χ1n) is 6.23. The normalized spacial score (nSPS) is 11.5. The number of rotatable bonds is 5. The maximum absolute atomic E-state index is 12.0. The number of halogens is 1. The van der Waals surface area contributed by atoms with Crippen LogP contribution in [0.15, 0.2) is 47.9 Å². The van der Waals surface area contributed by atoms with Crippen LogP contribution in [-0.4, -0.2) is 20.6 Å². The van der Waals surface area contributed by atoms with Gasteiger partial charge in [0, 0.05) is 11.1 Å². The lowest BCUT2D eigenvalue weighted by molar-refractivity contribution is 0.373. The van der Waals surface area contributed by atoms with Crippen molar-refractivity contribution in [3.63, 3.8) is 0 Å². The Bertz CT molecular complexity index is 803. The number of nitrogens with one attached hydrogen (secondary N) is 1. The highest BCUT2D eigenvalue weighted by atomic mass is 35.5. The number of sulfonamides is 1. The third-order valence-corrected chi connectivity index (χ3v) is 3.98. The van der Waals surface area contributed by atoms with Crippen LogP contribution in [0.3, 0.4) is 0 Å². The monoisotopic (exact) mass is 339 g/mol. The third-order valence-electron chi connectivity index (χ3n) is 2.73. The minimum Gasteiger partial charge on any atom is -0.504 e. The Morgan fingerprint density at radius 2 is 2.00 bits per heavy atom. The zero-order valence-corrected chi connectivity index (χ0v) is 13.2. The van der Waals surface area contributed by atoms with Gasteiger partial charge in [0.25, 0.3) is 10.0 Å². The second kappa shape index (κ2) is 6.72. The highest BCUT2D eigenvalue weighted by molar-refractivity contribution is 7.95. The molecule has 0 amide bonds. The van der Waals surface area contributed by atoms with Gasteiger partial charge < -0.3 is 9.84 Å². The molecule has 7 heteroatoms. The molecule has 0 aliphatic rings. The second-order valence-electron chi connectivity index (χ2n) is 4.39. The summed E-state index contributed by atoms with van der Waals surface area (Å²) >= 11 is 5.83. The van der Waals surface area contributed by atoms with Crippen molar-refractivity contribution < 1.29 is 18.3 Å². The number of hydrogen-bond donors (Lipinski definition) is 2. The number of hydrogen-bond acceptors (Lipinski definition) is 4. The molecule has 0 radical (unpaired) electrons. The van der Waals surface area contributed by atoms with Crippen molar-refractivity contribution in [2.75, 3.05) is 11.8 Å². The van der Waals surface area contributed by atoms with E-state index in [1.807, 2.05) is 0 Å². The molecule has 0 aromatic heterocycles. The largest absolute Gasteiger partial charge is 0.504 e. The highest BCUT2D eigenvalue weighted by Crippen LogP contribution is 2.29. The third kappa shape index (κ3) is 4.41. The summed E-state index contributed by atoms with van der Waals surface area (Å²) < 4.78 is 31.2. The molecule has 0 unspecified atom stereocenters. The molecule has 5 nitrogen and oxygen atoms in total. The van der Waals surface area contributed by atoms with Crippen LogP contribution in [0.2, 0.25) is 5.02 Å². The number of ether oxygens (including phenoxy) is 1. The summed E-state index contributed by atoms with van der Waals surface area (Å²) in [7, 11) is -2.30. The molecule has 0 fully saturated rings. The van der Waals surface area contributed by atoms with E-state index in [2.05, 4.69) is 4.72 Å². The van der Waals surface area contributed by atoms with Crippen molar-refractivity contribution in [3.8, 4) is 11.5 Å². The lowest BCUT2D eigenvalue weighted by atomic mass is 10.2. The molecule has 0 atom stereocenters. The van der Waals surface area contributed by atoms with Crippen molar-refractivity contribution in [2.24, 2.45) is 0 Å². The molecule has 0 saturated heterocycles. The van der Waals surface area contributed by atoms with Crippen LogP contribution in [0.1, 0.15) is 5.56 Å². The van der Waals surface area contributed by atoms with Gasteiger partial charge in [-0.25, -0.2) is 8.42 Å². The molecule has 0 aliphatic carbocycles. The quantitative estimate of drug-likeness (QED) is 0.874. The highest BCUT2D eigenvalue weighted by Gasteiger charge is 2.08. The van der Waals surface area contributed by atoms with Crippen LogP contribution in [0, 0.1) is 0 Å². The van der Waals surface area contributed by atoms with Crippen molar-refractivity contribution in [1.82, 2.24) is 0 Å². The van der Waals surface area contributed by atoms with Crippen molar-refractivity contribution in [2.45, 2.75) is 0 Å². The molecule has 2 rings (SSSR count). The predicted molar refractivity (Wildman–Crippen MR) is 87.7 cm³/mol. The summed E-state index contributed by atoms with van der Waals surface area (Å²) in [6.45, 7) is 0. The molecular formula is C15H14ClNO4S. The van der Waals surface area contributed by atoms with Gasteiger partial charge in [-0.1, -0.05) is 23.7 Å². The smallest absolute Gasteiger partial charge is 0.255 e. The van der Waals surface area contributed by atoms with Gasteiger partial charge in [0.05, 0.1) is 18.2 Å². The van der Waals surface area contributed by atoms with Gasteiger partial charge in [0.2, 0.25) is 0 Å². The van der Waals surface area contributed by atoms with Gasteiger partial charge in [0.1, 0.15) is 0 Å². The molecular weight excluding hydrogens is 326 g/mol. The fraction of sp³-hybridized carbons (Fsp3) is 0.0667. The van der Waals surface area contributed by atoms with E-state index in [4.69, 9.17) is 16.3 Å². The van der Waals surface area contributed by atoms with E-state index in [1.54, 1.807) is 24.3 Å². The second-order valence-corrected chi connectivity index (χ2v) is 6.39. The zero-order valence-electron chi connectivity index (χ0n) is 11.7. The Labute approximate surface area is 133 Å². The van der Waals surface area contributed by atoms with Crippen molar-refractivity contribution in [1.29, 1.82) is 0 Å². The Morgan fingerprint density at radius 1 is 1.23 bits per heavy atom. The van der Waals surface area contributed by atoms with Crippen LogP contribution >= 0.6 is 11.6 Å². The van der Waals surface area contributed by atoms with Crippen LogP contribution in [-0.2, 0) is 10.0 Å². The van der Waals surface area contributed by atoms with E-state index in [1.165, 1.54) is 31.4 Å². The van der Waals surface area contributed by atoms with Gasteiger partial charge in [-0.05, 0) is 35.9 Å². The summed E-state index contributed by atoms with van der Waals surface area (Å²) in [4.78, 5) is 0. The summed E-state index contributed by atoms with van der Waals surface area (Å²) in [5.41, 5.74) is 0.893. The summed E-state index contributed by atoms with van der Waals surface area (Å²) in [6.07, 6.45) is 1.43. The molecule has 0 heterocycles. The summed E-state index contributed by atoms with van der Waals surface area (Å²) in [5.74, 6) is 0.110. The number of anilines is 1. The molecule has 0 spiro atoms. The minimum atomic E-state index is -3.71. The van der Waals surface area contributed by atoms with Crippen LogP contribution in [0.25, 0.3) is 6.08 Å². The molecule has 116 valence electrons. The zero-order chi connectivity index (χ0) is 16.2. The van der Waals surface area contributed by atoms with Crippen LogP contribution in [0.5, 0.6) is 11.5 Å². The van der Waals surface area contributed by atoms with E-state index < -0.39 is 10.0 Å². The first-order valence-corrected chi connectivity index (χ1v) is 8.15. The number of aromatic hydroxyl groups is 1. The number of benzene rings is 2. The molecule has 0 bridgehead atoms. The molecule has 22 heavy (non-hydrogen) atoms. The molecule has 0 aliphatic heterocycles. The molecule has 2 N–H and O–H groups in total. The fourth-order valence-corrected chi connectivity index (χ4v) is 2.79. The fourth-order valence-electron chi connectivity index (χ4n) is 1.73. The van der Waals surface area contributed by atoms with Gasteiger partial charge >= 0.3 is 0 Å². The Morgan fingerprint density at radius 3 is 2.64 bits per heavy atom. The standard InChI is InChI=1S/C15H14ClNO4S/c1-21-15-6-5-13(10-14(15)18)17-22(19,20)8-7-11-3-2-4-12(16)9-11/h2-10,17-18H,1H3/b8-7+. The minimum absolute atomic E-state index is 0.151.